The molecule has 0 aromatic heterocycles. The lowest BCUT2D eigenvalue weighted by atomic mass is 9.94. The number of hydrogen-bond acceptors (Lipinski definition) is 2. The Balaban J connectivity index is 2.42. The van der Waals surface area contributed by atoms with Crippen molar-refractivity contribution >= 4 is 0 Å². The van der Waals surface area contributed by atoms with Crippen molar-refractivity contribution in [2.45, 2.75) is 52.2 Å². The summed E-state index contributed by atoms with van der Waals surface area (Å²) in [6.45, 7) is 8.24. The maximum absolute atomic E-state index is 5.62. The minimum Gasteiger partial charge on any atom is -0.378 e. The molecule has 2 heteroatoms. The monoisotopic (exact) mass is 209 g/mol. The zero-order valence-electron chi connectivity index (χ0n) is 10.2. The van der Waals surface area contributed by atoms with Gasteiger partial charge in [-0.3, -0.25) is 0 Å². The van der Waals surface area contributed by atoms with Gasteiger partial charge in [0, 0.05) is 18.4 Å². The Morgan fingerprint density at radius 1 is 1.53 bits per heavy atom. The molecular weight excluding hydrogens is 186 g/mol. The first kappa shape index (κ1) is 12.5. The van der Waals surface area contributed by atoms with E-state index in [2.05, 4.69) is 31.0 Å². The second-order valence-electron chi connectivity index (χ2n) is 4.33. The van der Waals surface area contributed by atoms with Gasteiger partial charge in [0.2, 0.25) is 0 Å². The van der Waals surface area contributed by atoms with Crippen LogP contribution in [0.3, 0.4) is 0 Å². The minimum atomic E-state index is 0.426. The van der Waals surface area contributed by atoms with Crippen molar-refractivity contribution in [2.24, 2.45) is 5.92 Å². The molecule has 1 fully saturated rings. The quantitative estimate of drug-likeness (QED) is 0.701. The molecule has 0 aromatic rings. The van der Waals surface area contributed by atoms with E-state index < -0.39 is 0 Å². The van der Waals surface area contributed by atoms with Gasteiger partial charge in [-0.25, -0.2) is 0 Å². The fourth-order valence-corrected chi connectivity index (χ4v) is 2.08. The standard InChI is InChI=1S/C13H23NO/c1-4-6-7-13(14-8-5-2)12-9-11(3)15-10-12/h11-14H,5,7-10H2,1-3H3. The van der Waals surface area contributed by atoms with Crippen LogP contribution < -0.4 is 5.32 Å². The molecule has 15 heavy (non-hydrogen) atoms. The first-order chi connectivity index (χ1) is 7.27. The van der Waals surface area contributed by atoms with Gasteiger partial charge in [-0.05, 0) is 33.2 Å². The van der Waals surface area contributed by atoms with Crippen LogP contribution in [0.2, 0.25) is 0 Å². The van der Waals surface area contributed by atoms with Crippen molar-refractivity contribution < 1.29 is 4.74 Å². The summed E-state index contributed by atoms with van der Waals surface area (Å²) in [5.41, 5.74) is 0. The summed E-state index contributed by atoms with van der Waals surface area (Å²) in [5.74, 6) is 6.81. The number of ether oxygens (including phenoxy) is 1. The molecular formula is C13H23NO. The first-order valence-corrected chi connectivity index (χ1v) is 6.02. The van der Waals surface area contributed by atoms with E-state index in [-0.39, 0.29) is 0 Å². The topological polar surface area (TPSA) is 21.3 Å². The van der Waals surface area contributed by atoms with Gasteiger partial charge in [0.05, 0.1) is 12.7 Å². The number of hydrogen-bond donors (Lipinski definition) is 1. The summed E-state index contributed by atoms with van der Waals surface area (Å²) < 4.78 is 5.62. The molecule has 1 saturated heterocycles. The van der Waals surface area contributed by atoms with Gasteiger partial charge >= 0.3 is 0 Å². The summed E-state index contributed by atoms with van der Waals surface area (Å²) in [6, 6.07) is 0.516. The average molecular weight is 209 g/mol. The second-order valence-corrected chi connectivity index (χ2v) is 4.33. The SMILES string of the molecule is CC#CCC(NCCC)C1COC(C)C1. The molecule has 1 rings (SSSR count). The predicted molar refractivity (Wildman–Crippen MR) is 63.7 cm³/mol. The smallest absolute Gasteiger partial charge is 0.0551 e. The molecule has 0 aliphatic carbocycles. The van der Waals surface area contributed by atoms with E-state index >= 15 is 0 Å². The minimum absolute atomic E-state index is 0.426. The van der Waals surface area contributed by atoms with Crippen LogP contribution in [0.25, 0.3) is 0 Å². The van der Waals surface area contributed by atoms with Crippen LogP contribution in [0.4, 0.5) is 0 Å². The summed E-state index contributed by atoms with van der Waals surface area (Å²) >= 11 is 0. The molecule has 0 bridgehead atoms. The Morgan fingerprint density at radius 2 is 2.33 bits per heavy atom. The molecule has 0 amide bonds. The zero-order chi connectivity index (χ0) is 11.1. The van der Waals surface area contributed by atoms with Crippen LogP contribution in [-0.2, 0) is 4.74 Å². The number of rotatable bonds is 5. The van der Waals surface area contributed by atoms with Gasteiger partial charge in [-0.2, -0.15) is 0 Å². The van der Waals surface area contributed by atoms with E-state index in [4.69, 9.17) is 4.74 Å². The summed E-state index contributed by atoms with van der Waals surface area (Å²) in [7, 11) is 0. The van der Waals surface area contributed by atoms with E-state index in [1.807, 2.05) is 6.92 Å². The summed E-state index contributed by atoms with van der Waals surface area (Å²) in [6.07, 6.45) is 3.74. The number of nitrogens with one attached hydrogen (secondary N) is 1. The van der Waals surface area contributed by atoms with Crippen molar-refractivity contribution in [2.75, 3.05) is 13.2 Å². The fraction of sp³-hybridized carbons (Fsp3) is 0.846. The third kappa shape index (κ3) is 4.24. The van der Waals surface area contributed by atoms with Crippen LogP contribution in [0.5, 0.6) is 0 Å². The van der Waals surface area contributed by atoms with Gasteiger partial charge in [0.15, 0.2) is 0 Å². The molecule has 0 aromatic carbocycles. The highest BCUT2D eigenvalue weighted by Crippen LogP contribution is 2.23. The predicted octanol–water partition coefficient (Wildman–Crippen LogP) is 2.19. The Hall–Kier alpha value is -0.520. The van der Waals surface area contributed by atoms with E-state index in [1.54, 1.807) is 0 Å². The largest absolute Gasteiger partial charge is 0.378 e. The van der Waals surface area contributed by atoms with Gasteiger partial charge in [0.25, 0.3) is 0 Å². The van der Waals surface area contributed by atoms with Crippen molar-refractivity contribution in [3.8, 4) is 11.8 Å². The Kier molecular flexibility index (Phi) is 5.75. The highest BCUT2D eigenvalue weighted by Gasteiger charge is 2.28. The molecule has 1 N–H and O–H groups in total. The van der Waals surface area contributed by atoms with Crippen LogP contribution in [0, 0.1) is 17.8 Å². The Morgan fingerprint density at radius 3 is 2.87 bits per heavy atom. The molecule has 0 spiro atoms. The van der Waals surface area contributed by atoms with Crippen molar-refractivity contribution in [1.82, 2.24) is 5.32 Å². The van der Waals surface area contributed by atoms with Gasteiger partial charge < -0.3 is 10.1 Å². The summed E-state index contributed by atoms with van der Waals surface area (Å²) in [5, 5.41) is 3.58. The summed E-state index contributed by atoms with van der Waals surface area (Å²) in [4.78, 5) is 0. The third-order valence-corrected chi connectivity index (χ3v) is 2.95. The first-order valence-electron chi connectivity index (χ1n) is 6.02. The van der Waals surface area contributed by atoms with E-state index in [9.17, 15) is 0 Å². The van der Waals surface area contributed by atoms with Crippen molar-refractivity contribution in [1.29, 1.82) is 0 Å². The molecule has 1 aliphatic heterocycles. The van der Waals surface area contributed by atoms with Gasteiger partial charge in [-0.1, -0.05) is 6.92 Å². The molecule has 3 atom stereocenters. The van der Waals surface area contributed by atoms with Crippen LogP contribution in [-0.4, -0.2) is 25.3 Å². The maximum Gasteiger partial charge on any atom is 0.0551 e. The van der Waals surface area contributed by atoms with Gasteiger partial charge in [-0.15, -0.1) is 11.8 Å². The van der Waals surface area contributed by atoms with E-state index in [1.165, 1.54) is 12.8 Å². The van der Waals surface area contributed by atoms with Crippen molar-refractivity contribution in [3.05, 3.63) is 0 Å². The molecule has 2 nitrogen and oxygen atoms in total. The molecule has 0 saturated carbocycles. The highest BCUT2D eigenvalue weighted by atomic mass is 16.5. The van der Waals surface area contributed by atoms with Gasteiger partial charge in [0.1, 0.15) is 0 Å². The lowest BCUT2D eigenvalue weighted by molar-refractivity contribution is 0.117. The van der Waals surface area contributed by atoms with E-state index in [0.717, 1.165) is 19.6 Å². The molecule has 0 radical (unpaired) electrons. The normalized spacial score (nSPS) is 27.1. The second kappa shape index (κ2) is 6.87. The molecule has 1 aliphatic rings. The zero-order valence-corrected chi connectivity index (χ0v) is 10.2. The lowest BCUT2D eigenvalue weighted by Gasteiger charge is -2.21. The molecule has 86 valence electrons. The highest BCUT2D eigenvalue weighted by molar-refractivity contribution is 5.00. The third-order valence-electron chi connectivity index (χ3n) is 2.95. The van der Waals surface area contributed by atoms with Crippen LogP contribution >= 0.6 is 0 Å². The van der Waals surface area contributed by atoms with Crippen molar-refractivity contribution in [3.63, 3.8) is 0 Å². The van der Waals surface area contributed by atoms with E-state index in [0.29, 0.717) is 18.1 Å². The average Bonchev–Trinajstić information content (AvgIpc) is 2.65. The maximum atomic E-state index is 5.62. The lowest BCUT2D eigenvalue weighted by Crippen LogP contribution is -2.36. The Labute approximate surface area is 93.8 Å². The van der Waals surface area contributed by atoms with Crippen LogP contribution in [0.15, 0.2) is 0 Å². The molecule has 1 heterocycles. The molecule has 3 unspecified atom stereocenters. The Bertz CT molecular complexity index is 228. The fourth-order valence-electron chi connectivity index (χ4n) is 2.08. The van der Waals surface area contributed by atoms with Crippen LogP contribution in [0.1, 0.15) is 40.0 Å².